The zero-order valence-corrected chi connectivity index (χ0v) is 27.3. The Kier molecular flexibility index (Phi) is 7.49. The van der Waals surface area contributed by atoms with Gasteiger partial charge in [0.1, 0.15) is 11.3 Å². The summed E-state index contributed by atoms with van der Waals surface area (Å²) in [5.74, 6) is 0.806. The van der Waals surface area contributed by atoms with Gasteiger partial charge in [-0.2, -0.15) is 0 Å². The van der Waals surface area contributed by atoms with Crippen LogP contribution in [0.25, 0.3) is 66.6 Å². The Balaban J connectivity index is 1.03. The Bertz CT molecular complexity index is 2520. The van der Waals surface area contributed by atoms with E-state index in [1.165, 1.54) is 44.2 Å². The summed E-state index contributed by atoms with van der Waals surface area (Å²) in [6.45, 7) is 0. The molecule has 9 aromatic rings. The summed E-state index contributed by atoms with van der Waals surface area (Å²) in [6, 6.07) is 66.5. The van der Waals surface area contributed by atoms with E-state index in [9.17, 15) is 0 Å². The molecule has 0 aliphatic heterocycles. The molecule has 0 radical (unpaired) electrons. The highest BCUT2D eigenvalue weighted by atomic mass is 16.3. The van der Waals surface area contributed by atoms with Crippen LogP contribution in [0.1, 0.15) is 0 Å². The first-order chi connectivity index (χ1) is 24.7. The number of pyridine rings is 1. The zero-order chi connectivity index (χ0) is 33.3. The van der Waals surface area contributed by atoms with Crippen LogP contribution in [0.2, 0.25) is 0 Å². The number of hydrogen-bond donors (Lipinski definition) is 0. The average molecular weight is 641 g/mol. The van der Waals surface area contributed by atoms with Crippen molar-refractivity contribution < 1.29 is 4.42 Å². The number of aromatic nitrogens is 1. The molecule has 0 saturated carbocycles. The maximum absolute atomic E-state index is 6.11. The van der Waals surface area contributed by atoms with Gasteiger partial charge in [0, 0.05) is 34.9 Å². The van der Waals surface area contributed by atoms with E-state index in [-0.39, 0.29) is 0 Å². The lowest BCUT2D eigenvalue weighted by atomic mass is 9.98. The van der Waals surface area contributed by atoms with Gasteiger partial charge in [0.15, 0.2) is 5.58 Å². The van der Waals surface area contributed by atoms with Gasteiger partial charge in [-0.25, -0.2) is 0 Å². The van der Waals surface area contributed by atoms with Gasteiger partial charge in [-0.1, -0.05) is 115 Å². The second-order valence-electron chi connectivity index (χ2n) is 12.5. The normalized spacial score (nSPS) is 11.2. The van der Waals surface area contributed by atoms with Gasteiger partial charge < -0.3 is 9.32 Å². The van der Waals surface area contributed by atoms with Crippen molar-refractivity contribution in [3.8, 4) is 44.7 Å². The van der Waals surface area contributed by atoms with Crippen LogP contribution in [0.4, 0.5) is 17.1 Å². The number of anilines is 3. The molecule has 3 heteroatoms. The second-order valence-corrected chi connectivity index (χ2v) is 12.5. The fourth-order valence-corrected chi connectivity index (χ4v) is 6.69. The Morgan fingerprint density at radius 1 is 0.360 bits per heavy atom. The maximum atomic E-state index is 6.11. The van der Waals surface area contributed by atoms with Crippen molar-refractivity contribution in [1.29, 1.82) is 0 Å². The molecule has 0 bridgehead atoms. The van der Waals surface area contributed by atoms with Crippen molar-refractivity contribution >= 4 is 38.9 Å². The van der Waals surface area contributed by atoms with E-state index in [0.29, 0.717) is 0 Å². The quantitative estimate of drug-likeness (QED) is 0.174. The van der Waals surface area contributed by atoms with Gasteiger partial charge in [-0.3, -0.25) is 4.98 Å². The molecule has 3 nitrogen and oxygen atoms in total. The number of furan rings is 1. The summed E-state index contributed by atoms with van der Waals surface area (Å²) in [6.07, 6.45) is 1.79. The molecule has 2 aromatic heterocycles. The zero-order valence-electron chi connectivity index (χ0n) is 27.3. The number of rotatable bonds is 7. The first kappa shape index (κ1) is 29.4. The first-order valence-electron chi connectivity index (χ1n) is 16.9. The standard InChI is InChI=1S/C47H32N2O/c1-2-7-33(8-3-1)36-18-24-42(25-19-36)49(44-28-22-39(23-29-44)47-32-45-46(50-47)11-6-30-48-45)43-26-20-37(21-27-43)35-12-14-38(15-13-35)41-17-16-34-9-4-5-10-40(34)31-41/h1-32H. The molecular weight excluding hydrogens is 609 g/mol. The number of fused-ring (bicyclic) bond motifs is 2. The Morgan fingerprint density at radius 3 is 1.44 bits per heavy atom. The van der Waals surface area contributed by atoms with Crippen LogP contribution in [0.3, 0.4) is 0 Å². The number of benzene rings is 7. The molecule has 50 heavy (non-hydrogen) atoms. The van der Waals surface area contributed by atoms with Crippen LogP contribution in [-0.4, -0.2) is 4.98 Å². The van der Waals surface area contributed by atoms with Crippen molar-refractivity contribution in [2.45, 2.75) is 0 Å². The summed E-state index contributed by atoms with van der Waals surface area (Å²) in [5, 5.41) is 2.51. The van der Waals surface area contributed by atoms with Gasteiger partial charge >= 0.3 is 0 Å². The van der Waals surface area contributed by atoms with Gasteiger partial charge in [0.2, 0.25) is 0 Å². The topological polar surface area (TPSA) is 29.3 Å². The molecule has 0 unspecified atom stereocenters. The van der Waals surface area contributed by atoms with Crippen LogP contribution in [0.15, 0.2) is 199 Å². The second kappa shape index (κ2) is 12.7. The van der Waals surface area contributed by atoms with Gasteiger partial charge in [0.05, 0.1) is 0 Å². The predicted octanol–water partition coefficient (Wildman–Crippen LogP) is 13.1. The summed E-state index contributed by atoms with van der Waals surface area (Å²) in [4.78, 5) is 6.73. The number of hydrogen-bond acceptors (Lipinski definition) is 3. The predicted molar refractivity (Wildman–Crippen MR) is 208 cm³/mol. The third-order valence-corrected chi connectivity index (χ3v) is 9.36. The van der Waals surface area contributed by atoms with E-state index < -0.39 is 0 Å². The Labute approximate surface area is 291 Å². The molecule has 0 aliphatic rings. The third-order valence-electron chi connectivity index (χ3n) is 9.36. The van der Waals surface area contributed by atoms with E-state index >= 15 is 0 Å². The largest absolute Gasteiger partial charge is 0.454 e. The third kappa shape index (κ3) is 5.72. The summed E-state index contributed by atoms with van der Waals surface area (Å²) < 4.78 is 6.11. The minimum absolute atomic E-state index is 0.787. The highest BCUT2D eigenvalue weighted by molar-refractivity contribution is 5.88. The summed E-state index contributed by atoms with van der Waals surface area (Å²) in [5.41, 5.74) is 13.0. The lowest BCUT2D eigenvalue weighted by Gasteiger charge is -2.26. The lowest BCUT2D eigenvalue weighted by molar-refractivity contribution is 0.631. The van der Waals surface area contributed by atoms with Crippen molar-refractivity contribution in [2.24, 2.45) is 0 Å². The number of nitrogens with zero attached hydrogens (tertiary/aromatic N) is 2. The fraction of sp³-hybridized carbons (Fsp3) is 0. The molecule has 0 fully saturated rings. The van der Waals surface area contributed by atoms with Crippen LogP contribution in [0.5, 0.6) is 0 Å². The molecule has 0 spiro atoms. The Hall–Kier alpha value is -6.71. The highest BCUT2D eigenvalue weighted by Gasteiger charge is 2.15. The SMILES string of the molecule is c1ccc(-c2ccc(N(c3ccc(-c4ccc(-c5ccc6ccccc6c5)cc4)cc3)c3ccc(-c4cc5ncccc5o4)cc3)cc2)cc1. The molecule has 0 saturated heterocycles. The molecule has 7 aromatic carbocycles. The minimum atomic E-state index is 0.787. The monoisotopic (exact) mass is 640 g/mol. The summed E-state index contributed by atoms with van der Waals surface area (Å²) in [7, 11) is 0. The lowest BCUT2D eigenvalue weighted by Crippen LogP contribution is -2.09. The van der Waals surface area contributed by atoms with E-state index in [1.807, 2.05) is 24.3 Å². The van der Waals surface area contributed by atoms with E-state index in [2.05, 4.69) is 174 Å². The molecule has 0 amide bonds. The van der Waals surface area contributed by atoms with E-state index in [1.54, 1.807) is 6.20 Å². The summed E-state index contributed by atoms with van der Waals surface area (Å²) >= 11 is 0. The maximum Gasteiger partial charge on any atom is 0.153 e. The van der Waals surface area contributed by atoms with Crippen LogP contribution >= 0.6 is 0 Å². The molecule has 236 valence electrons. The molecule has 0 N–H and O–H groups in total. The van der Waals surface area contributed by atoms with E-state index in [0.717, 1.165) is 39.5 Å². The van der Waals surface area contributed by atoms with Crippen LogP contribution in [-0.2, 0) is 0 Å². The molecule has 9 rings (SSSR count). The van der Waals surface area contributed by atoms with Crippen molar-refractivity contribution in [2.75, 3.05) is 4.90 Å². The van der Waals surface area contributed by atoms with Crippen molar-refractivity contribution in [3.05, 3.63) is 194 Å². The van der Waals surface area contributed by atoms with Gasteiger partial charge in [0.25, 0.3) is 0 Å². The highest BCUT2D eigenvalue weighted by Crippen LogP contribution is 2.38. The first-order valence-corrected chi connectivity index (χ1v) is 16.9. The smallest absolute Gasteiger partial charge is 0.153 e. The Morgan fingerprint density at radius 2 is 0.840 bits per heavy atom. The van der Waals surface area contributed by atoms with Gasteiger partial charge in [-0.15, -0.1) is 0 Å². The average Bonchev–Trinajstić information content (AvgIpc) is 3.64. The van der Waals surface area contributed by atoms with Crippen LogP contribution < -0.4 is 4.90 Å². The molecule has 0 atom stereocenters. The van der Waals surface area contributed by atoms with Crippen LogP contribution in [0, 0.1) is 0 Å². The molecular formula is C47H32N2O. The van der Waals surface area contributed by atoms with Crippen molar-refractivity contribution in [3.63, 3.8) is 0 Å². The minimum Gasteiger partial charge on any atom is -0.454 e. The van der Waals surface area contributed by atoms with E-state index in [4.69, 9.17) is 4.42 Å². The fourth-order valence-electron chi connectivity index (χ4n) is 6.69. The molecule has 2 heterocycles. The molecule has 0 aliphatic carbocycles. The van der Waals surface area contributed by atoms with Crippen molar-refractivity contribution in [1.82, 2.24) is 4.98 Å². The van der Waals surface area contributed by atoms with Gasteiger partial charge in [-0.05, 0) is 111 Å².